The first-order valence-electron chi connectivity index (χ1n) is 6.43. The second-order valence-electron chi connectivity index (χ2n) is 4.69. The first-order chi connectivity index (χ1) is 8.44. The van der Waals surface area contributed by atoms with Crippen LogP contribution in [-0.4, -0.2) is 45.8 Å². The molecule has 0 bridgehead atoms. The van der Waals surface area contributed by atoms with Crippen LogP contribution in [0.5, 0.6) is 0 Å². The molecule has 1 fully saturated rings. The molecule has 2 atom stereocenters. The molecule has 1 rings (SSSR count). The van der Waals surface area contributed by atoms with E-state index in [0.29, 0.717) is 19.1 Å². The van der Waals surface area contributed by atoms with E-state index in [4.69, 9.17) is 0 Å². The van der Waals surface area contributed by atoms with Crippen molar-refractivity contribution in [3.05, 3.63) is 0 Å². The summed E-state index contributed by atoms with van der Waals surface area (Å²) in [6, 6.07) is 0.461. The number of piperidine rings is 1. The Kier molecular flexibility index (Phi) is 6.04. The Morgan fingerprint density at radius 1 is 1.39 bits per heavy atom. The van der Waals surface area contributed by atoms with Crippen LogP contribution >= 0.6 is 0 Å². The van der Waals surface area contributed by atoms with Gasteiger partial charge in [-0.25, -0.2) is 13.1 Å². The van der Waals surface area contributed by atoms with Crippen molar-refractivity contribution in [1.82, 2.24) is 15.4 Å². The van der Waals surface area contributed by atoms with Gasteiger partial charge in [-0.05, 0) is 19.8 Å². The molecule has 18 heavy (non-hydrogen) atoms. The molecule has 1 amide bonds. The zero-order valence-electron chi connectivity index (χ0n) is 11.0. The van der Waals surface area contributed by atoms with E-state index in [1.807, 2.05) is 0 Å². The topological polar surface area (TPSA) is 87.3 Å². The van der Waals surface area contributed by atoms with Crippen LogP contribution < -0.4 is 15.4 Å². The van der Waals surface area contributed by atoms with Crippen LogP contribution in [0.4, 0.5) is 0 Å². The lowest BCUT2D eigenvalue weighted by Gasteiger charge is -2.26. The quantitative estimate of drug-likeness (QED) is 0.607. The molecule has 0 aromatic carbocycles. The number of carbonyl (C=O) groups excluding carboxylic acids is 1. The maximum absolute atomic E-state index is 11.8. The predicted octanol–water partition coefficient (Wildman–Crippen LogP) is -0.570. The summed E-state index contributed by atoms with van der Waals surface area (Å²) in [4.78, 5) is 11.8. The van der Waals surface area contributed by atoms with E-state index >= 15 is 0 Å². The van der Waals surface area contributed by atoms with Crippen molar-refractivity contribution >= 4 is 15.9 Å². The Labute approximate surface area is 109 Å². The summed E-state index contributed by atoms with van der Waals surface area (Å²) >= 11 is 0. The van der Waals surface area contributed by atoms with E-state index in [0.717, 1.165) is 12.8 Å². The fourth-order valence-electron chi connectivity index (χ4n) is 1.97. The normalized spacial score (nSPS) is 24.8. The highest BCUT2D eigenvalue weighted by molar-refractivity contribution is 7.89. The third kappa shape index (κ3) is 5.32. The SMILES string of the molecule is CCNS(=O)(=O)CCNC(=O)C1CCC(C)NC1. The molecule has 0 radical (unpaired) electrons. The molecule has 0 aromatic rings. The predicted molar refractivity (Wildman–Crippen MR) is 70.7 cm³/mol. The molecule has 1 saturated heterocycles. The minimum absolute atomic E-state index is 0.0389. The van der Waals surface area contributed by atoms with E-state index in [1.165, 1.54) is 0 Å². The molecule has 1 aliphatic rings. The molecule has 2 unspecified atom stereocenters. The van der Waals surface area contributed by atoms with Gasteiger partial charge in [0.15, 0.2) is 0 Å². The Balaban J connectivity index is 2.25. The van der Waals surface area contributed by atoms with E-state index in [2.05, 4.69) is 22.3 Å². The summed E-state index contributed by atoms with van der Waals surface area (Å²) in [5.74, 6) is -0.160. The molecular formula is C11H23N3O3S. The largest absolute Gasteiger partial charge is 0.355 e. The Morgan fingerprint density at radius 2 is 2.11 bits per heavy atom. The first-order valence-corrected chi connectivity index (χ1v) is 8.08. The van der Waals surface area contributed by atoms with Gasteiger partial charge < -0.3 is 10.6 Å². The standard InChI is InChI=1S/C11H23N3O3S/c1-3-14-18(16,17)7-6-12-11(15)10-5-4-9(2)13-8-10/h9-10,13-14H,3-8H2,1-2H3,(H,12,15). The van der Waals surface area contributed by atoms with Crippen molar-refractivity contribution in [3.8, 4) is 0 Å². The van der Waals surface area contributed by atoms with Gasteiger partial charge in [-0.15, -0.1) is 0 Å². The molecule has 7 heteroatoms. The van der Waals surface area contributed by atoms with E-state index in [1.54, 1.807) is 6.92 Å². The molecule has 3 N–H and O–H groups in total. The summed E-state index contributed by atoms with van der Waals surface area (Å²) in [5.41, 5.74) is 0. The van der Waals surface area contributed by atoms with Crippen LogP contribution in [-0.2, 0) is 14.8 Å². The number of nitrogens with one attached hydrogen (secondary N) is 3. The third-order valence-electron chi connectivity index (χ3n) is 3.07. The minimum Gasteiger partial charge on any atom is -0.355 e. The van der Waals surface area contributed by atoms with Gasteiger partial charge in [-0.1, -0.05) is 6.92 Å². The molecule has 6 nitrogen and oxygen atoms in total. The van der Waals surface area contributed by atoms with Gasteiger partial charge in [0.1, 0.15) is 0 Å². The zero-order valence-corrected chi connectivity index (χ0v) is 11.8. The second-order valence-corrected chi connectivity index (χ2v) is 6.62. The lowest BCUT2D eigenvalue weighted by Crippen LogP contribution is -2.45. The molecular weight excluding hydrogens is 254 g/mol. The van der Waals surface area contributed by atoms with E-state index < -0.39 is 10.0 Å². The summed E-state index contributed by atoms with van der Waals surface area (Å²) in [7, 11) is -3.25. The monoisotopic (exact) mass is 277 g/mol. The smallest absolute Gasteiger partial charge is 0.224 e. The number of rotatable bonds is 6. The maximum Gasteiger partial charge on any atom is 0.224 e. The minimum atomic E-state index is -3.25. The number of carbonyl (C=O) groups is 1. The van der Waals surface area contributed by atoms with Crippen LogP contribution in [0.15, 0.2) is 0 Å². The fourth-order valence-corrected chi connectivity index (χ4v) is 2.92. The molecule has 1 aliphatic heterocycles. The van der Waals surface area contributed by atoms with Crippen molar-refractivity contribution in [2.45, 2.75) is 32.7 Å². The summed E-state index contributed by atoms with van der Waals surface area (Å²) < 4.78 is 25.1. The fraction of sp³-hybridized carbons (Fsp3) is 0.909. The second kappa shape index (κ2) is 7.06. The van der Waals surface area contributed by atoms with Crippen LogP contribution in [0.3, 0.4) is 0 Å². The lowest BCUT2D eigenvalue weighted by atomic mass is 9.95. The highest BCUT2D eigenvalue weighted by atomic mass is 32.2. The molecule has 0 saturated carbocycles. The summed E-state index contributed by atoms with van der Waals surface area (Å²) in [6.45, 7) is 5.04. The molecule has 0 aliphatic carbocycles. The van der Waals surface area contributed by atoms with Crippen molar-refractivity contribution in [2.24, 2.45) is 5.92 Å². The third-order valence-corrected chi connectivity index (χ3v) is 4.54. The zero-order chi connectivity index (χ0) is 13.6. The van der Waals surface area contributed by atoms with Gasteiger partial charge in [0, 0.05) is 25.7 Å². The van der Waals surface area contributed by atoms with Gasteiger partial charge >= 0.3 is 0 Å². The van der Waals surface area contributed by atoms with Crippen molar-refractivity contribution in [3.63, 3.8) is 0 Å². The summed E-state index contributed by atoms with van der Waals surface area (Å²) in [5, 5.41) is 5.93. The number of hydrogen-bond donors (Lipinski definition) is 3. The van der Waals surface area contributed by atoms with Crippen LogP contribution in [0.1, 0.15) is 26.7 Å². The van der Waals surface area contributed by atoms with Crippen LogP contribution in [0, 0.1) is 5.92 Å². The Morgan fingerprint density at radius 3 is 2.67 bits per heavy atom. The summed E-state index contributed by atoms with van der Waals surface area (Å²) in [6.07, 6.45) is 1.84. The van der Waals surface area contributed by atoms with Crippen molar-refractivity contribution < 1.29 is 13.2 Å². The van der Waals surface area contributed by atoms with Crippen molar-refractivity contribution in [2.75, 3.05) is 25.4 Å². The molecule has 106 valence electrons. The first kappa shape index (κ1) is 15.4. The number of amides is 1. The van der Waals surface area contributed by atoms with Crippen LogP contribution in [0.2, 0.25) is 0 Å². The van der Waals surface area contributed by atoms with Gasteiger partial charge in [0.2, 0.25) is 15.9 Å². The lowest BCUT2D eigenvalue weighted by molar-refractivity contribution is -0.125. The molecule has 0 aromatic heterocycles. The molecule has 0 spiro atoms. The van der Waals surface area contributed by atoms with Crippen molar-refractivity contribution in [1.29, 1.82) is 0 Å². The maximum atomic E-state index is 11.8. The average Bonchev–Trinajstić information content (AvgIpc) is 2.29. The number of sulfonamides is 1. The van der Waals surface area contributed by atoms with Gasteiger partial charge in [-0.2, -0.15) is 0 Å². The van der Waals surface area contributed by atoms with Crippen LogP contribution in [0.25, 0.3) is 0 Å². The van der Waals surface area contributed by atoms with Gasteiger partial charge in [0.25, 0.3) is 0 Å². The molecule has 1 heterocycles. The van der Waals surface area contributed by atoms with E-state index in [9.17, 15) is 13.2 Å². The highest BCUT2D eigenvalue weighted by Gasteiger charge is 2.23. The van der Waals surface area contributed by atoms with E-state index in [-0.39, 0.29) is 24.1 Å². The highest BCUT2D eigenvalue weighted by Crippen LogP contribution is 2.13. The average molecular weight is 277 g/mol. The van der Waals surface area contributed by atoms with Gasteiger partial charge in [-0.3, -0.25) is 4.79 Å². The number of hydrogen-bond acceptors (Lipinski definition) is 4. The Bertz CT molecular complexity index is 362. The van der Waals surface area contributed by atoms with Gasteiger partial charge in [0.05, 0.1) is 11.7 Å². The Hall–Kier alpha value is -0.660.